The van der Waals surface area contributed by atoms with Crippen molar-refractivity contribution in [3.05, 3.63) is 107 Å². The number of carbonyl (C=O) groups is 2. The molecule has 4 rings (SSSR count). The molecule has 1 aliphatic rings. The number of Topliss-reactive ketones (excluding diaryl/α,β-unsaturated/α-hetero) is 1. The van der Waals surface area contributed by atoms with Crippen LogP contribution in [0.5, 0.6) is 0 Å². The monoisotopic (exact) mass is 405 g/mol. The average molecular weight is 405 g/mol. The third kappa shape index (κ3) is 3.37. The summed E-state index contributed by atoms with van der Waals surface area (Å²) < 4.78 is 27.4. The van der Waals surface area contributed by atoms with Crippen LogP contribution in [0.1, 0.15) is 22.7 Å². The van der Waals surface area contributed by atoms with Gasteiger partial charge in [-0.1, -0.05) is 42.0 Å². The third-order valence-electron chi connectivity index (χ3n) is 5.04. The first-order chi connectivity index (χ1) is 14.4. The van der Waals surface area contributed by atoms with Crippen LogP contribution in [0.4, 0.5) is 14.5 Å². The molecule has 150 valence electrons. The number of hydrogen-bond donors (Lipinski definition) is 1. The zero-order chi connectivity index (χ0) is 21.4. The summed E-state index contributed by atoms with van der Waals surface area (Å²) in [6.07, 6.45) is 0. The van der Waals surface area contributed by atoms with Crippen molar-refractivity contribution in [2.24, 2.45) is 0 Å². The maximum Gasteiger partial charge on any atom is 0.300 e. The number of aryl methyl sites for hydroxylation is 1. The lowest BCUT2D eigenvalue weighted by Crippen LogP contribution is -2.29. The van der Waals surface area contributed by atoms with Crippen LogP contribution in [0.15, 0.2) is 78.4 Å². The number of ketones is 1. The zero-order valence-electron chi connectivity index (χ0n) is 16.0. The minimum atomic E-state index is -1.06. The first kappa shape index (κ1) is 19.5. The molecule has 1 saturated heterocycles. The van der Waals surface area contributed by atoms with E-state index in [0.717, 1.165) is 22.6 Å². The summed E-state index contributed by atoms with van der Waals surface area (Å²) in [7, 11) is 0. The second kappa shape index (κ2) is 7.55. The van der Waals surface area contributed by atoms with Gasteiger partial charge in [-0.15, -0.1) is 0 Å². The van der Waals surface area contributed by atoms with Crippen molar-refractivity contribution >= 4 is 23.1 Å². The van der Waals surface area contributed by atoms with Gasteiger partial charge in [0.25, 0.3) is 11.7 Å². The molecule has 1 fully saturated rings. The Labute approximate surface area is 171 Å². The number of hydrogen-bond acceptors (Lipinski definition) is 3. The number of rotatable bonds is 3. The van der Waals surface area contributed by atoms with Crippen molar-refractivity contribution in [3.63, 3.8) is 0 Å². The van der Waals surface area contributed by atoms with Gasteiger partial charge in [0.15, 0.2) is 0 Å². The van der Waals surface area contributed by atoms with Gasteiger partial charge in [-0.2, -0.15) is 0 Å². The van der Waals surface area contributed by atoms with Crippen LogP contribution in [0, 0.1) is 18.6 Å². The van der Waals surface area contributed by atoms with Crippen LogP contribution in [0.2, 0.25) is 0 Å². The van der Waals surface area contributed by atoms with Crippen molar-refractivity contribution in [3.8, 4) is 0 Å². The Morgan fingerprint density at radius 2 is 1.57 bits per heavy atom. The van der Waals surface area contributed by atoms with E-state index in [1.54, 1.807) is 30.3 Å². The summed E-state index contributed by atoms with van der Waals surface area (Å²) in [5.74, 6) is -3.19. The van der Waals surface area contributed by atoms with Gasteiger partial charge in [-0.25, -0.2) is 8.78 Å². The summed E-state index contributed by atoms with van der Waals surface area (Å²) in [5.41, 5.74) is 1.74. The maximum atomic E-state index is 14.0. The first-order valence-electron chi connectivity index (χ1n) is 9.26. The summed E-state index contributed by atoms with van der Waals surface area (Å²) in [6, 6.07) is 16.3. The molecule has 4 nitrogen and oxygen atoms in total. The second-order valence-corrected chi connectivity index (χ2v) is 7.07. The van der Waals surface area contributed by atoms with Crippen molar-refractivity contribution in [2.45, 2.75) is 13.0 Å². The molecule has 3 aromatic carbocycles. The molecule has 0 aromatic heterocycles. The molecule has 1 N–H and O–H groups in total. The number of nitrogens with zero attached hydrogens (tertiary/aromatic N) is 1. The topological polar surface area (TPSA) is 57.6 Å². The largest absolute Gasteiger partial charge is 0.507 e. The minimum absolute atomic E-state index is 0.154. The van der Waals surface area contributed by atoms with Crippen LogP contribution in [0.3, 0.4) is 0 Å². The van der Waals surface area contributed by atoms with E-state index in [2.05, 4.69) is 0 Å². The molecule has 1 atom stereocenters. The number of anilines is 1. The van der Waals surface area contributed by atoms with Crippen LogP contribution >= 0.6 is 0 Å². The van der Waals surface area contributed by atoms with Crippen LogP contribution in [0.25, 0.3) is 5.76 Å². The van der Waals surface area contributed by atoms with E-state index < -0.39 is 29.4 Å². The Morgan fingerprint density at radius 1 is 0.900 bits per heavy atom. The molecular weight excluding hydrogens is 388 g/mol. The fourth-order valence-electron chi connectivity index (χ4n) is 3.56. The Bertz CT molecular complexity index is 1170. The number of carbonyl (C=O) groups excluding carboxylic acids is 2. The second-order valence-electron chi connectivity index (χ2n) is 7.07. The SMILES string of the molecule is Cc1ccc(/C(O)=C2\C(=O)C(=O)N(c3ccc(F)cc3)[C@@H]2c2cccc(F)c2)cc1. The minimum Gasteiger partial charge on any atom is -0.507 e. The molecule has 1 heterocycles. The first-order valence-corrected chi connectivity index (χ1v) is 9.26. The van der Waals surface area contributed by atoms with Gasteiger partial charge in [0.05, 0.1) is 11.6 Å². The van der Waals surface area contributed by atoms with Gasteiger partial charge in [0, 0.05) is 11.3 Å². The predicted octanol–water partition coefficient (Wildman–Crippen LogP) is 4.90. The standard InChI is InChI=1S/C24H17F2NO3/c1-14-5-7-15(8-6-14)22(28)20-21(16-3-2-4-18(26)13-16)27(24(30)23(20)29)19-11-9-17(25)10-12-19/h2-13,21,28H,1H3/b22-20+/t21-/m1/s1. The van der Waals surface area contributed by atoms with Crippen molar-refractivity contribution in [1.82, 2.24) is 0 Å². The number of benzene rings is 3. The number of aliphatic hydroxyl groups is 1. The van der Waals surface area contributed by atoms with E-state index in [9.17, 15) is 23.5 Å². The highest BCUT2D eigenvalue weighted by molar-refractivity contribution is 6.51. The molecule has 0 saturated carbocycles. The number of amides is 1. The van der Waals surface area contributed by atoms with Crippen molar-refractivity contribution in [1.29, 1.82) is 0 Å². The molecule has 0 aliphatic carbocycles. The summed E-state index contributed by atoms with van der Waals surface area (Å²) in [4.78, 5) is 27.0. The fourth-order valence-corrected chi connectivity index (χ4v) is 3.56. The Hall–Kier alpha value is -3.80. The smallest absolute Gasteiger partial charge is 0.300 e. The highest BCUT2D eigenvalue weighted by Gasteiger charge is 2.47. The molecule has 1 aliphatic heterocycles. The maximum absolute atomic E-state index is 14.0. The average Bonchev–Trinajstić information content (AvgIpc) is 3.00. The van der Waals surface area contributed by atoms with Crippen molar-refractivity contribution < 1.29 is 23.5 Å². The Kier molecular flexibility index (Phi) is 4.91. The summed E-state index contributed by atoms with van der Waals surface area (Å²) in [6.45, 7) is 1.88. The van der Waals surface area contributed by atoms with E-state index in [1.807, 2.05) is 6.92 Å². The van der Waals surface area contributed by atoms with E-state index in [1.165, 1.54) is 30.3 Å². The number of halogens is 2. The summed E-state index contributed by atoms with van der Waals surface area (Å²) in [5, 5.41) is 10.9. The highest BCUT2D eigenvalue weighted by atomic mass is 19.1. The van der Waals surface area contributed by atoms with Gasteiger partial charge in [0.1, 0.15) is 17.4 Å². The zero-order valence-corrected chi connectivity index (χ0v) is 16.0. The van der Waals surface area contributed by atoms with E-state index in [-0.39, 0.29) is 17.0 Å². The van der Waals surface area contributed by atoms with Crippen LogP contribution in [-0.4, -0.2) is 16.8 Å². The van der Waals surface area contributed by atoms with Crippen LogP contribution in [-0.2, 0) is 9.59 Å². The van der Waals surface area contributed by atoms with Gasteiger partial charge < -0.3 is 5.11 Å². The van der Waals surface area contributed by atoms with Crippen LogP contribution < -0.4 is 4.90 Å². The van der Waals surface area contributed by atoms with Crippen molar-refractivity contribution in [2.75, 3.05) is 4.90 Å². The molecule has 0 spiro atoms. The Morgan fingerprint density at radius 3 is 2.20 bits per heavy atom. The number of aliphatic hydroxyl groups excluding tert-OH is 1. The van der Waals surface area contributed by atoms with E-state index in [4.69, 9.17) is 0 Å². The Balaban J connectivity index is 1.95. The molecule has 3 aromatic rings. The molecule has 0 radical (unpaired) electrons. The van der Waals surface area contributed by atoms with Gasteiger partial charge in [-0.3, -0.25) is 14.5 Å². The van der Waals surface area contributed by atoms with E-state index in [0.29, 0.717) is 11.1 Å². The quantitative estimate of drug-likeness (QED) is 0.383. The van der Waals surface area contributed by atoms with Gasteiger partial charge in [-0.05, 0) is 48.9 Å². The third-order valence-corrected chi connectivity index (χ3v) is 5.04. The fraction of sp³-hybridized carbons (Fsp3) is 0.0833. The predicted molar refractivity (Wildman–Crippen MR) is 109 cm³/mol. The normalized spacial score (nSPS) is 18.1. The summed E-state index contributed by atoms with van der Waals surface area (Å²) >= 11 is 0. The van der Waals surface area contributed by atoms with E-state index >= 15 is 0 Å². The molecule has 0 unspecified atom stereocenters. The van der Waals surface area contributed by atoms with Gasteiger partial charge in [0.2, 0.25) is 0 Å². The lowest BCUT2D eigenvalue weighted by molar-refractivity contribution is -0.132. The lowest BCUT2D eigenvalue weighted by atomic mass is 9.95. The molecule has 1 amide bonds. The van der Waals surface area contributed by atoms with Gasteiger partial charge >= 0.3 is 0 Å². The molecule has 0 bridgehead atoms. The molecule has 6 heteroatoms. The highest BCUT2D eigenvalue weighted by Crippen LogP contribution is 2.42. The molecule has 30 heavy (non-hydrogen) atoms. The lowest BCUT2D eigenvalue weighted by Gasteiger charge is -2.25. The molecular formula is C24H17F2NO3.